The van der Waals surface area contributed by atoms with Gasteiger partial charge in [0.15, 0.2) is 5.76 Å². The minimum absolute atomic E-state index is 0.107. The van der Waals surface area contributed by atoms with Crippen LogP contribution in [0, 0.1) is 6.92 Å². The van der Waals surface area contributed by atoms with Gasteiger partial charge in [-0.05, 0) is 73.3 Å². The molecule has 0 spiro atoms. The Morgan fingerprint density at radius 3 is 2.14 bits per heavy atom. The number of fused-ring (bicyclic) bond motifs is 1. The fourth-order valence-electron chi connectivity index (χ4n) is 3.69. The van der Waals surface area contributed by atoms with Gasteiger partial charge in [-0.25, -0.2) is 4.72 Å². The van der Waals surface area contributed by atoms with Crippen LogP contribution in [0.15, 0.2) is 76.0 Å². The van der Waals surface area contributed by atoms with Crippen LogP contribution in [0.3, 0.4) is 0 Å². The van der Waals surface area contributed by atoms with Crippen LogP contribution in [0.5, 0.6) is 0 Å². The van der Waals surface area contributed by atoms with Gasteiger partial charge in [-0.1, -0.05) is 50.6 Å². The summed E-state index contributed by atoms with van der Waals surface area (Å²) in [6.07, 6.45) is 1.25. The van der Waals surface area contributed by atoms with Crippen LogP contribution in [0.1, 0.15) is 43.3 Å². The van der Waals surface area contributed by atoms with Gasteiger partial charge in [0.1, 0.15) is 12.1 Å². The normalized spacial score (nSPS) is 10.5. The molecular formula is C29H33N3O4S. The Morgan fingerprint density at radius 2 is 1.54 bits per heavy atom. The number of carbonyl (C=O) groups excluding carboxylic acids is 1. The Labute approximate surface area is 221 Å². The predicted molar refractivity (Wildman–Crippen MR) is 152 cm³/mol. The number of furan rings is 1. The number of amides is 1. The van der Waals surface area contributed by atoms with Crippen molar-refractivity contribution in [1.82, 2.24) is 4.72 Å². The average molecular weight is 520 g/mol. The zero-order valence-corrected chi connectivity index (χ0v) is 22.4. The molecule has 0 bridgehead atoms. The highest BCUT2D eigenvalue weighted by molar-refractivity contribution is 7.97. The van der Waals surface area contributed by atoms with E-state index in [0.717, 1.165) is 39.2 Å². The summed E-state index contributed by atoms with van der Waals surface area (Å²) in [4.78, 5) is 24.4. The summed E-state index contributed by atoms with van der Waals surface area (Å²) in [6, 6.07) is 21.1. The largest absolute Gasteiger partial charge is 0.480 e. The molecule has 37 heavy (non-hydrogen) atoms. The molecule has 7 nitrogen and oxygen atoms in total. The number of rotatable bonds is 9. The van der Waals surface area contributed by atoms with E-state index in [1.54, 1.807) is 0 Å². The van der Waals surface area contributed by atoms with Gasteiger partial charge in [0.2, 0.25) is 0 Å². The molecule has 4 N–H and O–H groups in total. The van der Waals surface area contributed by atoms with Crippen LogP contribution in [-0.4, -0.2) is 30.1 Å². The Kier molecular flexibility index (Phi) is 10.2. The van der Waals surface area contributed by atoms with Crippen molar-refractivity contribution in [3.05, 3.63) is 78.1 Å². The Morgan fingerprint density at radius 1 is 0.919 bits per heavy atom. The lowest BCUT2D eigenvalue weighted by molar-refractivity contribution is -0.135. The summed E-state index contributed by atoms with van der Waals surface area (Å²) in [6.45, 7) is 8.84. The third-order valence-electron chi connectivity index (χ3n) is 5.27. The van der Waals surface area contributed by atoms with Crippen molar-refractivity contribution in [3.63, 3.8) is 0 Å². The molecule has 0 aliphatic carbocycles. The topological polar surface area (TPSA) is 104 Å². The van der Waals surface area contributed by atoms with E-state index in [1.807, 2.05) is 80.6 Å². The summed E-state index contributed by atoms with van der Waals surface area (Å²) < 4.78 is 8.66. The molecule has 4 rings (SSSR count). The molecular weight excluding hydrogens is 486 g/mol. The van der Waals surface area contributed by atoms with E-state index in [4.69, 9.17) is 9.52 Å². The second-order valence-electron chi connectivity index (χ2n) is 8.35. The molecule has 8 heteroatoms. The number of hydrogen-bond donors (Lipinski definition) is 4. The van der Waals surface area contributed by atoms with Crippen LogP contribution < -0.4 is 15.4 Å². The van der Waals surface area contributed by atoms with Gasteiger partial charge in [0, 0.05) is 33.8 Å². The van der Waals surface area contributed by atoms with E-state index >= 15 is 0 Å². The van der Waals surface area contributed by atoms with Gasteiger partial charge in [0.05, 0.1) is 0 Å². The number of nitrogens with one attached hydrogen (secondary N) is 3. The third-order valence-corrected chi connectivity index (χ3v) is 6.07. The molecule has 1 aromatic heterocycles. The summed E-state index contributed by atoms with van der Waals surface area (Å²) >= 11 is 1.27. The van der Waals surface area contributed by atoms with Crippen molar-refractivity contribution >= 4 is 46.2 Å². The molecule has 0 atom stereocenters. The highest BCUT2D eigenvalue weighted by Gasteiger charge is 2.19. The zero-order valence-electron chi connectivity index (χ0n) is 21.6. The summed E-state index contributed by atoms with van der Waals surface area (Å²) in [7, 11) is 0. The minimum atomic E-state index is -0.898. The van der Waals surface area contributed by atoms with Crippen molar-refractivity contribution < 1.29 is 19.1 Å². The molecule has 0 saturated carbocycles. The van der Waals surface area contributed by atoms with Crippen LogP contribution in [0.4, 0.5) is 11.4 Å². The van der Waals surface area contributed by atoms with Gasteiger partial charge in [0.25, 0.3) is 5.91 Å². The summed E-state index contributed by atoms with van der Waals surface area (Å²) in [5.41, 5.74) is 5.12. The number of aliphatic carboxylic acids is 1. The lowest BCUT2D eigenvalue weighted by Gasteiger charge is -2.07. The first kappa shape index (κ1) is 27.8. The van der Waals surface area contributed by atoms with Gasteiger partial charge in [-0.15, -0.1) is 0 Å². The van der Waals surface area contributed by atoms with Crippen molar-refractivity contribution in [3.8, 4) is 11.1 Å². The number of anilines is 2. The van der Waals surface area contributed by atoms with Crippen molar-refractivity contribution in [2.75, 3.05) is 23.7 Å². The molecule has 4 aromatic rings. The van der Waals surface area contributed by atoms with Gasteiger partial charge < -0.3 is 20.2 Å². The molecule has 1 heterocycles. The molecule has 0 aliphatic heterocycles. The van der Waals surface area contributed by atoms with Crippen LogP contribution >= 0.6 is 11.9 Å². The smallest absolute Gasteiger partial charge is 0.318 e. The maximum Gasteiger partial charge on any atom is 0.318 e. The molecule has 194 valence electrons. The number of hydrogen-bond acceptors (Lipinski definition) is 6. The highest BCUT2D eigenvalue weighted by Crippen LogP contribution is 2.32. The highest BCUT2D eigenvalue weighted by atomic mass is 32.2. The van der Waals surface area contributed by atoms with Crippen LogP contribution in [0.25, 0.3) is 22.1 Å². The molecule has 0 fully saturated rings. The average Bonchev–Trinajstić information content (AvgIpc) is 3.23. The lowest BCUT2D eigenvalue weighted by atomic mass is 10.1. The molecule has 0 aliphatic rings. The van der Waals surface area contributed by atoms with Gasteiger partial charge in [-0.2, -0.15) is 0 Å². The van der Waals surface area contributed by atoms with E-state index in [-0.39, 0.29) is 12.5 Å². The molecule has 0 radical (unpaired) electrons. The standard InChI is InChI=1S/C26H25N3O4S.C3H8/c1-3-27-21-5-4-6-22-24(21)16(2)25(33-22)26(32)29-19-11-7-17(8-12-19)18-9-13-20(14-10-18)34-28-15-23(30)31;1-3-2/h4-14,27-28H,3,15H2,1-2H3,(H,29,32)(H,30,31);3H2,1-2H3. The lowest BCUT2D eigenvalue weighted by Crippen LogP contribution is -2.15. The fourth-order valence-corrected chi connectivity index (χ4v) is 4.32. The Balaban J connectivity index is 0.00000121. The Hall–Kier alpha value is -3.75. The number of carbonyl (C=O) groups is 2. The Bertz CT molecular complexity index is 1330. The monoisotopic (exact) mass is 519 g/mol. The summed E-state index contributed by atoms with van der Waals surface area (Å²) in [5, 5.41) is 15.8. The number of carboxylic acid groups (broad SMARTS) is 1. The van der Waals surface area contributed by atoms with Crippen molar-refractivity contribution in [1.29, 1.82) is 0 Å². The number of benzene rings is 3. The first-order valence-electron chi connectivity index (χ1n) is 12.3. The SMILES string of the molecule is CCC.CCNc1cccc2oc(C(=O)Nc3ccc(-c4ccc(SNCC(=O)O)cc4)cc3)c(C)c12. The first-order chi connectivity index (χ1) is 17.9. The van der Waals surface area contributed by atoms with E-state index in [2.05, 4.69) is 29.2 Å². The zero-order chi connectivity index (χ0) is 26.8. The second-order valence-corrected chi connectivity index (χ2v) is 9.31. The quantitative estimate of drug-likeness (QED) is 0.174. The third kappa shape index (κ3) is 7.38. The first-order valence-corrected chi connectivity index (χ1v) is 13.1. The van der Waals surface area contributed by atoms with Gasteiger partial charge in [-0.3, -0.25) is 9.59 Å². The molecule has 1 amide bonds. The maximum atomic E-state index is 12.9. The maximum absolute atomic E-state index is 12.9. The molecule has 3 aromatic carbocycles. The predicted octanol–water partition coefficient (Wildman–Crippen LogP) is 7.19. The minimum Gasteiger partial charge on any atom is -0.480 e. The van der Waals surface area contributed by atoms with E-state index in [9.17, 15) is 9.59 Å². The van der Waals surface area contributed by atoms with E-state index < -0.39 is 5.97 Å². The van der Waals surface area contributed by atoms with E-state index in [1.165, 1.54) is 18.4 Å². The number of aryl methyl sites for hydroxylation is 1. The van der Waals surface area contributed by atoms with Crippen LogP contribution in [-0.2, 0) is 4.79 Å². The van der Waals surface area contributed by atoms with Crippen molar-refractivity contribution in [2.24, 2.45) is 0 Å². The number of carboxylic acids is 1. The summed E-state index contributed by atoms with van der Waals surface area (Å²) in [5.74, 6) is -0.891. The van der Waals surface area contributed by atoms with Crippen molar-refractivity contribution in [2.45, 2.75) is 39.0 Å². The molecule has 0 unspecified atom stereocenters. The second kappa shape index (κ2) is 13.5. The van der Waals surface area contributed by atoms with E-state index in [0.29, 0.717) is 17.0 Å². The van der Waals surface area contributed by atoms with Gasteiger partial charge >= 0.3 is 5.97 Å². The van der Waals surface area contributed by atoms with Crippen LogP contribution in [0.2, 0.25) is 0 Å². The molecule has 0 saturated heterocycles. The fraction of sp³-hybridized carbons (Fsp3) is 0.241.